The average Bonchev–Trinajstić information content (AvgIpc) is 2.90. The highest BCUT2D eigenvalue weighted by Gasteiger charge is 2.34. The maximum atomic E-state index is 6.25. The first-order valence-corrected chi connectivity index (χ1v) is 9.18. The number of hydrogen-bond donors (Lipinski definition) is 1. The fraction of sp³-hybridized carbons (Fsp3) is 0.944. The molecule has 3 nitrogen and oxygen atoms in total. The van der Waals surface area contributed by atoms with Gasteiger partial charge in [-0.15, -0.1) is 0 Å². The molecule has 1 rings (SSSR count). The zero-order chi connectivity index (χ0) is 15.6. The lowest BCUT2D eigenvalue weighted by Crippen LogP contribution is -2.53. The highest BCUT2D eigenvalue weighted by atomic mass is 15.3. The van der Waals surface area contributed by atoms with E-state index < -0.39 is 0 Å². The Morgan fingerprint density at radius 2 is 1.52 bits per heavy atom. The van der Waals surface area contributed by atoms with E-state index in [0.29, 0.717) is 0 Å². The third-order valence-corrected chi connectivity index (χ3v) is 4.87. The Morgan fingerprint density at radius 1 is 1.00 bits per heavy atom. The van der Waals surface area contributed by atoms with Gasteiger partial charge in [0.1, 0.15) is 0 Å². The third-order valence-electron chi connectivity index (χ3n) is 4.87. The van der Waals surface area contributed by atoms with Gasteiger partial charge < -0.3 is 10.6 Å². The predicted molar refractivity (Wildman–Crippen MR) is 93.7 cm³/mol. The van der Waals surface area contributed by atoms with E-state index in [0.717, 1.165) is 6.54 Å². The molecule has 0 fully saturated rings. The zero-order valence-corrected chi connectivity index (χ0v) is 14.6. The molecule has 2 N–H and O–H groups in total. The molecule has 0 spiro atoms. The Kier molecular flexibility index (Phi) is 8.98. The second-order valence-electron chi connectivity index (χ2n) is 6.93. The first-order valence-electron chi connectivity index (χ1n) is 9.18. The fourth-order valence-electron chi connectivity index (χ4n) is 3.38. The molecule has 0 saturated heterocycles. The number of nitrogens with two attached hydrogens (primary N) is 1. The van der Waals surface area contributed by atoms with Gasteiger partial charge in [-0.2, -0.15) is 0 Å². The predicted octanol–water partition coefficient (Wildman–Crippen LogP) is 4.70. The van der Waals surface area contributed by atoms with Crippen molar-refractivity contribution < 1.29 is 0 Å². The van der Waals surface area contributed by atoms with E-state index in [1.54, 1.807) is 0 Å². The topological polar surface area (TPSA) is 41.6 Å². The van der Waals surface area contributed by atoms with Crippen LogP contribution in [0.5, 0.6) is 0 Å². The SMILES string of the molecule is CCCCCCCC(C)(CCCCCC)N1C=NCC1N. The summed E-state index contributed by atoms with van der Waals surface area (Å²) in [5, 5.41) is 0. The third kappa shape index (κ3) is 6.37. The van der Waals surface area contributed by atoms with E-state index >= 15 is 0 Å². The van der Waals surface area contributed by atoms with Crippen LogP contribution in [-0.2, 0) is 0 Å². The lowest BCUT2D eigenvalue weighted by atomic mass is 9.86. The Bertz CT molecular complexity index is 290. The van der Waals surface area contributed by atoms with E-state index in [1.807, 2.05) is 6.34 Å². The van der Waals surface area contributed by atoms with Gasteiger partial charge in [-0.25, -0.2) is 0 Å². The molecule has 0 aliphatic carbocycles. The monoisotopic (exact) mass is 295 g/mol. The molecule has 1 heterocycles. The van der Waals surface area contributed by atoms with Crippen LogP contribution in [0.2, 0.25) is 0 Å². The molecule has 3 heteroatoms. The summed E-state index contributed by atoms with van der Waals surface area (Å²) in [4.78, 5) is 6.74. The fourth-order valence-corrected chi connectivity index (χ4v) is 3.38. The van der Waals surface area contributed by atoms with Crippen LogP contribution in [-0.4, -0.2) is 29.5 Å². The second-order valence-corrected chi connectivity index (χ2v) is 6.93. The van der Waals surface area contributed by atoms with Crippen molar-refractivity contribution >= 4 is 6.34 Å². The smallest absolute Gasteiger partial charge is 0.0983 e. The Labute approximate surface area is 132 Å². The molecule has 0 radical (unpaired) electrons. The Balaban J connectivity index is 2.46. The summed E-state index contributed by atoms with van der Waals surface area (Å²) in [7, 11) is 0. The first-order chi connectivity index (χ1) is 10.1. The highest BCUT2D eigenvalue weighted by molar-refractivity contribution is 5.59. The summed E-state index contributed by atoms with van der Waals surface area (Å²) < 4.78 is 0. The normalized spacial score (nSPS) is 21.0. The van der Waals surface area contributed by atoms with Gasteiger partial charge in [-0.1, -0.05) is 71.6 Å². The molecular weight excluding hydrogens is 258 g/mol. The van der Waals surface area contributed by atoms with Gasteiger partial charge in [0.05, 0.1) is 19.0 Å². The van der Waals surface area contributed by atoms with Gasteiger partial charge in [0.15, 0.2) is 0 Å². The summed E-state index contributed by atoms with van der Waals surface area (Å²) in [6.45, 7) is 7.71. The van der Waals surface area contributed by atoms with Crippen LogP contribution >= 0.6 is 0 Å². The van der Waals surface area contributed by atoms with Crippen molar-refractivity contribution in [3.63, 3.8) is 0 Å². The van der Waals surface area contributed by atoms with Crippen molar-refractivity contribution in [2.24, 2.45) is 10.7 Å². The molecule has 0 bridgehead atoms. The van der Waals surface area contributed by atoms with Gasteiger partial charge in [-0.05, 0) is 19.8 Å². The van der Waals surface area contributed by atoms with Crippen molar-refractivity contribution in [1.82, 2.24) is 4.90 Å². The number of aliphatic imine (C=N–C) groups is 1. The molecule has 0 aromatic rings. The van der Waals surface area contributed by atoms with E-state index in [1.165, 1.54) is 70.6 Å². The Morgan fingerprint density at radius 3 is 2.00 bits per heavy atom. The van der Waals surface area contributed by atoms with Gasteiger partial charge in [-0.3, -0.25) is 4.99 Å². The van der Waals surface area contributed by atoms with Crippen molar-refractivity contribution in [3.05, 3.63) is 0 Å². The van der Waals surface area contributed by atoms with Gasteiger partial charge in [0, 0.05) is 5.54 Å². The van der Waals surface area contributed by atoms with Gasteiger partial charge >= 0.3 is 0 Å². The van der Waals surface area contributed by atoms with Crippen molar-refractivity contribution in [2.75, 3.05) is 6.54 Å². The van der Waals surface area contributed by atoms with Crippen LogP contribution in [0.25, 0.3) is 0 Å². The van der Waals surface area contributed by atoms with E-state index in [4.69, 9.17) is 5.73 Å². The van der Waals surface area contributed by atoms with E-state index in [2.05, 4.69) is 30.7 Å². The molecule has 0 aromatic carbocycles. The number of unbranched alkanes of at least 4 members (excludes halogenated alkanes) is 7. The largest absolute Gasteiger partial charge is 0.340 e. The second kappa shape index (κ2) is 10.2. The number of hydrogen-bond acceptors (Lipinski definition) is 3. The summed E-state index contributed by atoms with van der Waals surface area (Å²) in [6.07, 6.45) is 16.7. The van der Waals surface area contributed by atoms with Gasteiger partial charge in [0.2, 0.25) is 0 Å². The average molecular weight is 296 g/mol. The minimum atomic E-state index is 0.0943. The minimum absolute atomic E-state index is 0.0943. The summed E-state index contributed by atoms with van der Waals surface area (Å²) in [5.74, 6) is 0. The summed E-state index contributed by atoms with van der Waals surface area (Å²) >= 11 is 0. The maximum absolute atomic E-state index is 6.25. The molecule has 1 aliphatic heterocycles. The summed E-state index contributed by atoms with van der Waals surface area (Å²) in [6, 6.07) is 0. The van der Waals surface area contributed by atoms with Crippen LogP contribution in [0.4, 0.5) is 0 Å². The quantitative estimate of drug-likeness (QED) is 0.530. The van der Waals surface area contributed by atoms with Crippen LogP contribution in [0, 0.1) is 0 Å². The standard InChI is InChI=1S/C18H37N3/c1-4-6-8-10-12-14-18(3,13-11-9-7-5-2)21-16-20-15-17(21)19/h16-17H,4-15,19H2,1-3H3. The highest BCUT2D eigenvalue weighted by Crippen LogP contribution is 2.30. The van der Waals surface area contributed by atoms with Crippen molar-refractivity contribution in [1.29, 1.82) is 0 Å². The number of nitrogens with zero attached hydrogens (tertiary/aromatic N) is 2. The molecule has 1 aliphatic rings. The lowest BCUT2D eigenvalue weighted by Gasteiger charge is -2.41. The number of rotatable bonds is 12. The maximum Gasteiger partial charge on any atom is 0.0983 e. The Hall–Kier alpha value is -0.570. The van der Waals surface area contributed by atoms with Crippen LogP contribution < -0.4 is 5.73 Å². The molecule has 0 saturated carbocycles. The van der Waals surface area contributed by atoms with Crippen LogP contribution in [0.1, 0.15) is 91.4 Å². The molecule has 0 aromatic heterocycles. The van der Waals surface area contributed by atoms with E-state index in [9.17, 15) is 0 Å². The molecule has 21 heavy (non-hydrogen) atoms. The molecule has 124 valence electrons. The molecular formula is C18H37N3. The van der Waals surface area contributed by atoms with Crippen LogP contribution in [0.3, 0.4) is 0 Å². The van der Waals surface area contributed by atoms with Crippen LogP contribution in [0.15, 0.2) is 4.99 Å². The summed E-state index contributed by atoms with van der Waals surface area (Å²) in [5.41, 5.74) is 6.46. The van der Waals surface area contributed by atoms with Crippen molar-refractivity contribution in [2.45, 2.75) is 103 Å². The van der Waals surface area contributed by atoms with Gasteiger partial charge in [0.25, 0.3) is 0 Å². The molecule has 0 amide bonds. The minimum Gasteiger partial charge on any atom is -0.340 e. The first kappa shape index (κ1) is 18.5. The lowest BCUT2D eigenvalue weighted by molar-refractivity contribution is 0.134. The zero-order valence-electron chi connectivity index (χ0n) is 14.6. The van der Waals surface area contributed by atoms with Crippen molar-refractivity contribution in [3.8, 4) is 0 Å². The molecule has 2 atom stereocenters. The van der Waals surface area contributed by atoms with E-state index in [-0.39, 0.29) is 11.7 Å². The molecule has 2 unspecified atom stereocenters.